The molecule has 1 aromatic carbocycles. The number of fused-ring (bicyclic) bond motifs is 1. The third-order valence-electron chi connectivity index (χ3n) is 3.05. The molecule has 0 aliphatic rings. The fourth-order valence-corrected chi connectivity index (χ4v) is 2.00. The van der Waals surface area contributed by atoms with E-state index in [9.17, 15) is 9.59 Å². The molecule has 20 heavy (non-hydrogen) atoms. The molecule has 1 aromatic heterocycles. The van der Waals surface area contributed by atoms with Crippen molar-refractivity contribution in [3.05, 3.63) is 42.1 Å². The average Bonchev–Trinajstić information content (AvgIpc) is 2.46. The lowest BCUT2D eigenvalue weighted by Gasteiger charge is -2.13. The molecule has 5 nitrogen and oxygen atoms in total. The minimum Gasteiger partial charge on any atom is -0.480 e. The second kappa shape index (κ2) is 6.14. The average molecular weight is 272 g/mol. The summed E-state index contributed by atoms with van der Waals surface area (Å²) >= 11 is 0. The molecule has 0 unspecified atom stereocenters. The van der Waals surface area contributed by atoms with Crippen molar-refractivity contribution in [3.63, 3.8) is 0 Å². The molecule has 0 saturated heterocycles. The summed E-state index contributed by atoms with van der Waals surface area (Å²) in [4.78, 5) is 27.3. The number of hydrogen-bond acceptors (Lipinski definition) is 3. The Morgan fingerprint density at radius 3 is 2.85 bits per heavy atom. The highest BCUT2D eigenvalue weighted by atomic mass is 16.4. The summed E-state index contributed by atoms with van der Waals surface area (Å²) in [6.45, 7) is 1.88. The van der Waals surface area contributed by atoms with Crippen molar-refractivity contribution in [2.45, 2.75) is 25.8 Å². The van der Waals surface area contributed by atoms with Crippen LogP contribution in [-0.4, -0.2) is 28.0 Å². The summed E-state index contributed by atoms with van der Waals surface area (Å²) in [5, 5.41) is 12.4. The van der Waals surface area contributed by atoms with E-state index < -0.39 is 12.0 Å². The maximum absolute atomic E-state index is 12.1. The molecule has 0 radical (unpaired) electrons. The number of amides is 1. The third-order valence-corrected chi connectivity index (χ3v) is 3.05. The van der Waals surface area contributed by atoms with Crippen LogP contribution in [0, 0.1) is 0 Å². The molecule has 5 heteroatoms. The van der Waals surface area contributed by atoms with Crippen molar-refractivity contribution < 1.29 is 14.7 Å². The van der Waals surface area contributed by atoms with E-state index in [4.69, 9.17) is 5.11 Å². The van der Waals surface area contributed by atoms with Crippen LogP contribution in [0.5, 0.6) is 0 Å². The Morgan fingerprint density at radius 2 is 2.15 bits per heavy atom. The first-order valence-corrected chi connectivity index (χ1v) is 6.50. The Hall–Kier alpha value is -2.43. The number of carboxylic acids is 1. The van der Waals surface area contributed by atoms with E-state index in [0.717, 1.165) is 10.9 Å². The van der Waals surface area contributed by atoms with E-state index in [0.29, 0.717) is 18.4 Å². The summed E-state index contributed by atoms with van der Waals surface area (Å²) in [7, 11) is 0. The number of carbonyl (C=O) groups is 2. The summed E-state index contributed by atoms with van der Waals surface area (Å²) in [6.07, 6.45) is 2.79. The number of carbonyl (C=O) groups excluding carboxylic acids is 1. The standard InChI is InChI=1S/C15H16N2O3/c1-2-4-13(15(19)20)17-14(18)11-6-7-12-10(9-11)5-3-8-16-12/h3,5-9,13H,2,4H2,1H3,(H,17,18)(H,19,20)/t13-/m0/s1. The van der Waals surface area contributed by atoms with Crippen LogP contribution in [0.3, 0.4) is 0 Å². The molecule has 1 amide bonds. The highest BCUT2D eigenvalue weighted by Crippen LogP contribution is 2.13. The van der Waals surface area contributed by atoms with Gasteiger partial charge in [-0.1, -0.05) is 19.4 Å². The van der Waals surface area contributed by atoms with E-state index in [-0.39, 0.29) is 5.91 Å². The number of hydrogen-bond donors (Lipinski definition) is 2. The first kappa shape index (κ1) is 14.0. The molecule has 1 heterocycles. The minimum atomic E-state index is -1.01. The highest BCUT2D eigenvalue weighted by Gasteiger charge is 2.19. The quantitative estimate of drug-likeness (QED) is 0.874. The normalized spacial score (nSPS) is 12.1. The van der Waals surface area contributed by atoms with E-state index in [1.54, 1.807) is 30.5 Å². The zero-order chi connectivity index (χ0) is 14.5. The topological polar surface area (TPSA) is 79.3 Å². The van der Waals surface area contributed by atoms with Gasteiger partial charge in [-0.2, -0.15) is 0 Å². The number of aliphatic carboxylic acids is 1. The monoisotopic (exact) mass is 272 g/mol. The summed E-state index contributed by atoms with van der Waals surface area (Å²) in [5.41, 5.74) is 1.24. The summed E-state index contributed by atoms with van der Waals surface area (Å²) in [6, 6.07) is 7.91. The molecule has 0 saturated carbocycles. The Bertz CT molecular complexity index is 640. The number of nitrogens with one attached hydrogen (secondary N) is 1. The fraction of sp³-hybridized carbons (Fsp3) is 0.267. The molecule has 0 fully saturated rings. The number of rotatable bonds is 5. The van der Waals surface area contributed by atoms with E-state index in [1.165, 1.54) is 0 Å². The third kappa shape index (κ3) is 3.12. The van der Waals surface area contributed by atoms with Crippen LogP contribution < -0.4 is 5.32 Å². The van der Waals surface area contributed by atoms with Crippen molar-refractivity contribution >= 4 is 22.8 Å². The maximum Gasteiger partial charge on any atom is 0.326 e. The number of nitrogens with zero attached hydrogens (tertiary/aromatic N) is 1. The van der Waals surface area contributed by atoms with Gasteiger partial charge in [0.2, 0.25) is 0 Å². The van der Waals surface area contributed by atoms with Crippen LogP contribution >= 0.6 is 0 Å². The fourth-order valence-electron chi connectivity index (χ4n) is 2.00. The van der Waals surface area contributed by atoms with Crippen molar-refractivity contribution in [3.8, 4) is 0 Å². The lowest BCUT2D eigenvalue weighted by molar-refractivity contribution is -0.139. The van der Waals surface area contributed by atoms with Gasteiger partial charge < -0.3 is 10.4 Å². The van der Waals surface area contributed by atoms with Gasteiger partial charge in [0.25, 0.3) is 5.91 Å². The van der Waals surface area contributed by atoms with Gasteiger partial charge in [-0.05, 0) is 30.7 Å². The van der Waals surface area contributed by atoms with Crippen LogP contribution in [0.2, 0.25) is 0 Å². The van der Waals surface area contributed by atoms with Gasteiger partial charge in [0.15, 0.2) is 0 Å². The number of benzene rings is 1. The Morgan fingerprint density at radius 1 is 1.35 bits per heavy atom. The van der Waals surface area contributed by atoms with Crippen molar-refractivity contribution in [2.24, 2.45) is 0 Å². The smallest absolute Gasteiger partial charge is 0.326 e. The number of carboxylic acid groups (broad SMARTS) is 1. The van der Waals surface area contributed by atoms with E-state index in [1.807, 2.05) is 13.0 Å². The molecule has 1 atom stereocenters. The molecule has 0 spiro atoms. The van der Waals surface area contributed by atoms with Crippen LogP contribution in [0.25, 0.3) is 10.9 Å². The SMILES string of the molecule is CCC[C@H](NC(=O)c1ccc2ncccc2c1)C(=O)O. The molecular weight excluding hydrogens is 256 g/mol. The van der Waals surface area contributed by atoms with Gasteiger partial charge in [-0.15, -0.1) is 0 Å². The molecule has 0 aliphatic carbocycles. The summed E-state index contributed by atoms with van der Waals surface area (Å²) < 4.78 is 0. The molecule has 2 rings (SSSR count). The van der Waals surface area contributed by atoms with Crippen LogP contribution in [0.15, 0.2) is 36.5 Å². The van der Waals surface area contributed by atoms with Gasteiger partial charge >= 0.3 is 5.97 Å². The molecule has 2 N–H and O–H groups in total. The van der Waals surface area contributed by atoms with Gasteiger partial charge in [0.1, 0.15) is 6.04 Å². The number of pyridine rings is 1. The largest absolute Gasteiger partial charge is 0.480 e. The van der Waals surface area contributed by atoms with Crippen LogP contribution in [0.1, 0.15) is 30.1 Å². The zero-order valence-corrected chi connectivity index (χ0v) is 11.2. The van der Waals surface area contributed by atoms with Gasteiger partial charge in [0.05, 0.1) is 5.52 Å². The minimum absolute atomic E-state index is 0.378. The predicted octanol–water partition coefficient (Wildman–Crippen LogP) is 2.22. The molecular formula is C15H16N2O3. The highest BCUT2D eigenvalue weighted by molar-refractivity contribution is 5.99. The van der Waals surface area contributed by atoms with Crippen molar-refractivity contribution in [1.29, 1.82) is 0 Å². The Labute approximate surface area is 116 Å². The summed E-state index contributed by atoms with van der Waals surface area (Å²) in [5.74, 6) is -1.39. The predicted molar refractivity (Wildman–Crippen MR) is 75.5 cm³/mol. The van der Waals surface area contributed by atoms with Crippen molar-refractivity contribution in [2.75, 3.05) is 0 Å². The van der Waals surface area contributed by atoms with E-state index >= 15 is 0 Å². The first-order valence-electron chi connectivity index (χ1n) is 6.50. The maximum atomic E-state index is 12.1. The number of aromatic nitrogens is 1. The van der Waals surface area contributed by atoms with Crippen LogP contribution in [-0.2, 0) is 4.79 Å². The van der Waals surface area contributed by atoms with E-state index in [2.05, 4.69) is 10.3 Å². The molecule has 0 bridgehead atoms. The zero-order valence-electron chi connectivity index (χ0n) is 11.2. The second-order valence-electron chi connectivity index (χ2n) is 4.56. The lowest BCUT2D eigenvalue weighted by atomic mass is 10.1. The molecule has 2 aromatic rings. The lowest BCUT2D eigenvalue weighted by Crippen LogP contribution is -2.40. The van der Waals surface area contributed by atoms with Gasteiger partial charge in [0, 0.05) is 17.1 Å². The first-order chi connectivity index (χ1) is 9.61. The Kier molecular flexibility index (Phi) is 4.30. The van der Waals surface area contributed by atoms with Crippen molar-refractivity contribution in [1.82, 2.24) is 10.3 Å². The van der Waals surface area contributed by atoms with Gasteiger partial charge in [-0.3, -0.25) is 9.78 Å². The molecule has 0 aliphatic heterocycles. The molecule has 104 valence electrons. The van der Waals surface area contributed by atoms with Crippen LogP contribution in [0.4, 0.5) is 0 Å². The van der Waals surface area contributed by atoms with Gasteiger partial charge in [-0.25, -0.2) is 4.79 Å². The Balaban J connectivity index is 2.20. The second-order valence-corrected chi connectivity index (χ2v) is 4.56.